The van der Waals surface area contributed by atoms with Gasteiger partial charge in [-0.3, -0.25) is 0 Å². The van der Waals surface area contributed by atoms with Crippen LogP contribution in [0.2, 0.25) is 0 Å². The Hall–Kier alpha value is -3.40. The van der Waals surface area contributed by atoms with E-state index in [9.17, 15) is 9.59 Å². The molecule has 2 amide bonds. The SMILES string of the molecule is CCOC(=O)c1nc(-c2ccc(NC(=O)NC(C)C)cc2)nc(N2CCOCC2)c1OCC. The van der Waals surface area contributed by atoms with Crippen molar-refractivity contribution in [3.05, 3.63) is 30.0 Å². The van der Waals surface area contributed by atoms with Crippen molar-refractivity contribution < 1.29 is 23.8 Å². The zero-order valence-corrected chi connectivity index (χ0v) is 19.5. The van der Waals surface area contributed by atoms with E-state index in [0.717, 1.165) is 0 Å². The molecular weight excluding hydrogens is 426 g/mol. The number of urea groups is 1. The van der Waals surface area contributed by atoms with Crippen LogP contribution in [-0.4, -0.2) is 67.5 Å². The van der Waals surface area contributed by atoms with E-state index < -0.39 is 5.97 Å². The Labute approximate surface area is 193 Å². The van der Waals surface area contributed by atoms with E-state index in [2.05, 4.69) is 15.6 Å². The molecule has 0 saturated carbocycles. The van der Waals surface area contributed by atoms with Gasteiger partial charge in [0, 0.05) is 30.4 Å². The highest BCUT2D eigenvalue weighted by atomic mass is 16.5. The van der Waals surface area contributed by atoms with Crippen LogP contribution in [0.25, 0.3) is 11.4 Å². The predicted molar refractivity (Wildman–Crippen MR) is 125 cm³/mol. The van der Waals surface area contributed by atoms with E-state index in [1.165, 1.54) is 0 Å². The van der Waals surface area contributed by atoms with E-state index in [0.29, 0.717) is 61.6 Å². The number of aromatic nitrogens is 2. The molecule has 0 radical (unpaired) electrons. The summed E-state index contributed by atoms with van der Waals surface area (Å²) in [7, 11) is 0. The minimum atomic E-state index is -0.567. The number of carbonyl (C=O) groups excluding carboxylic acids is 2. The lowest BCUT2D eigenvalue weighted by Gasteiger charge is -2.29. The van der Waals surface area contributed by atoms with Gasteiger partial charge in [-0.05, 0) is 52.0 Å². The number of benzene rings is 1. The molecule has 1 aliphatic heterocycles. The summed E-state index contributed by atoms with van der Waals surface area (Å²) >= 11 is 0. The van der Waals surface area contributed by atoms with Gasteiger partial charge in [-0.1, -0.05) is 0 Å². The van der Waals surface area contributed by atoms with Gasteiger partial charge in [0.25, 0.3) is 0 Å². The number of carbonyl (C=O) groups is 2. The molecule has 0 unspecified atom stereocenters. The highest BCUT2D eigenvalue weighted by Crippen LogP contribution is 2.33. The molecule has 1 aromatic carbocycles. The second-order valence-corrected chi connectivity index (χ2v) is 7.63. The van der Waals surface area contributed by atoms with Gasteiger partial charge >= 0.3 is 12.0 Å². The van der Waals surface area contributed by atoms with Crippen LogP contribution in [-0.2, 0) is 9.47 Å². The maximum Gasteiger partial charge on any atom is 0.361 e. The Morgan fingerprint density at radius 3 is 2.39 bits per heavy atom. The molecule has 10 nitrogen and oxygen atoms in total. The Bertz CT molecular complexity index is 958. The highest BCUT2D eigenvalue weighted by Gasteiger charge is 2.27. The number of esters is 1. The van der Waals surface area contributed by atoms with Gasteiger partial charge in [0.1, 0.15) is 0 Å². The fourth-order valence-electron chi connectivity index (χ4n) is 3.30. The molecule has 1 saturated heterocycles. The van der Waals surface area contributed by atoms with Crippen molar-refractivity contribution in [3.63, 3.8) is 0 Å². The van der Waals surface area contributed by atoms with Crippen LogP contribution in [0.3, 0.4) is 0 Å². The molecule has 2 heterocycles. The molecule has 0 atom stereocenters. The number of hydrogen-bond acceptors (Lipinski definition) is 8. The summed E-state index contributed by atoms with van der Waals surface area (Å²) in [6.45, 7) is 10.3. The van der Waals surface area contributed by atoms with E-state index in [-0.39, 0.29) is 24.4 Å². The van der Waals surface area contributed by atoms with Crippen LogP contribution in [0.1, 0.15) is 38.2 Å². The first-order chi connectivity index (χ1) is 15.9. The van der Waals surface area contributed by atoms with Crippen molar-refractivity contribution in [2.24, 2.45) is 0 Å². The van der Waals surface area contributed by atoms with E-state index in [1.807, 2.05) is 25.7 Å². The van der Waals surface area contributed by atoms with Crippen LogP contribution in [0.4, 0.5) is 16.3 Å². The lowest BCUT2D eigenvalue weighted by Crippen LogP contribution is -2.37. The second-order valence-electron chi connectivity index (χ2n) is 7.63. The Morgan fingerprint density at radius 2 is 1.79 bits per heavy atom. The average Bonchev–Trinajstić information content (AvgIpc) is 2.80. The van der Waals surface area contributed by atoms with Gasteiger partial charge in [0.2, 0.25) is 0 Å². The minimum Gasteiger partial charge on any atom is -0.488 e. The zero-order valence-electron chi connectivity index (χ0n) is 19.5. The van der Waals surface area contributed by atoms with E-state index in [1.54, 1.807) is 31.2 Å². The second kappa shape index (κ2) is 11.5. The van der Waals surface area contributed by atoms with Crippen molar-refractivity contribution in [1.82, 2.24) is 15.3 Å². The molecule has 1 aromatic heterocycles. The molecule has 2 aromatic rings. The lowest BCUT2D eigenvalue weighted by molar-refractivity contribution is 0.0514. The number of ether oxygens (including phenoxy) is 3. The number of anilines is 2. The van der Waals surface area contributed by atoms with E-state index in [4.69, 9.17) is 19.2 Å². The third-order valence-electron chi connectivity index (χ3n) is 4.74. The summed E-state index contributed by atoms with van der Waals surface area (Å²) in [4.78, 5) is 35.9. The number of hydrogen-bond donors (Lipinski definition) is 2. The molecule has 0 bridgehead atoms. The molecule has 0 aliphatic carbocycles. The maximum atomic E-state index is 12.7. The summed E-state index contributed by atoms with van der Waals surface area (Å²) in [5.74, 6) is 0.640. The standard InChI is InChI=1S/C23H31N5O5/c1-5-32-19-18(22(29)33-6-2)26-20(27-21(19)28-11-13-31-14-12-28)16-7-9-17(10-8-16)25-23(30)24-15(3)4/h7-10,15H,5-6,11-14H2,1-4H3,(H2,24,25,30). The average molecular weight is 458 g/mol. The van der Waals surface area contributed by atoms with Gasteiger partial charge in [-0.15, -0.1) is 0 Å². The van der Waals surface area contributed by atoms with E-state index >= 15 is 0 Å². The number of amides is 2. The summed E-state index contributed by atoms with van der Waals surface area (Å²) < 4.78 is 16.5. The van der Waals surface area contributed by atoms with Crippen LogP contribution in [0, 0.1) is 0 Å². The lowest BCUT2D eigenvalue weighted by atomic mass is 10.2. The number of nitrogens with zero attached hydrogens (tertiary/aromatic N) is 3. The number of nitrogens with one attached hydrogen (secondary N) is 2. The summed E-state index contributed by atoms with van der Waals surface area (Å²) in [5, 5.41) is 5.56. The van der Waals surface area contributed by atoms with Crippen LogP contribution >= 0.6 is 0 Å². The van der Waals surface area contributed by atoms with Crippen molar-refractivity contribution in [3.8, 4) is 17.1 Å². The molecule has 3 rings (SSSR count). The topological polar surface area (TPSA) is 115 Å². The molecule has 10 heteroatoms. The van der Waals surface area contributed by atoms with Crippen LogP contribution in [0.5, 0.6) is 5.75 Å². The fourth-order valence-corrected chi connectivity index (χ4v) is 3.30. The predicted octanol–water partition coefficient (Wildman–Crippen LogP) is 3.09. The summed E-state index contributed by atoms with van der Waals surface area (Å²) in [6.07, 6.45) is 0. The monoisotopic (exact) mass is 457 g/mol. The molecule has 33 heavy (non-hydrogen) atoms. The Morgan fingerprint density at radius 1 is 1.09 bits per heavy atom. The molecular formula is C23H31N5O5. The molecule has 1 aliphatic rings. The first-order valence-electron chi connectivity index (χ1n) is 11.2. The molecule has 2 N–H and O–H groups in total. The Kier molecular flexibility index (Phi) is 8.42. The normalized spacial score (nSPS) is 13.5. The van der Waals surface area contributed by atoms with Crippen LogP contribution in [0.15, 0.2) is 24.3 Å². The third kappa shape index (κ3) is 6.32. The first-order valence-corrected chi connectivity index (χ1v) is 11.2. The smallest absolute Gasteiger partial charge is 0.361 e. The first kappa shape index (κ1) is 24.2. The van der Waals surface area contributed by atoms with Gasteiger partial charge in [-0.2, -0.15) is 0 Å². The van der Waals surface area contributed by atoms with Gasteiger partial charge in [-0.25, -0.2) is 19.6 Å². The van der Waals surface area contributed by atoms with Crippen LogP contribution < -0.4 is 20.3 Å². The Balaban J connectivity index is 1.99. The van der Waals surface area contributed by atoms with Crippen molar-refractivity contribution in [2.45, 2.75) is 33.7 Å². The third-order valence-corrected chi connectivity index (χ3v) is 4.74. The van der Waals surface area contributed by atoms with Crippen molar-refractivity contribution >= 4 is 23.5 Å². The highest BCUT2D eigenvalue weighted by molar-refractivity contribution is 5.93. The maximum absolute atomic E-state index is 12.7. The van der Waals surface area contributed by atoms with Gasteiger partial charge in [0.05, 0.1) is 26.4 Å². The van der Waals surface area contributed by atoms with Crippen molar-refractivity contribution in [2.75, 3.05) is 49.7 Å². The molecule has 1 fully saturated rings. The number of morpholine rings is 1. The van der Waals surface area contributed by atoms with Crippen molar-refractivity contribution in [1.29, 1.82) is 0 Å². The van der Waals surface area contributed by atoms with Gasteiger partial charge in [0.15, 0.2) is 23.1 Å². The van der Waals surface area contributed by atoms with Gasteiger partial charge < -0.3 is 29.7 Å². The summed E-state index contributed by atoms with van der Waals surface area (Å²) in [5.41, 5.74) is 1.40. The molecule has 178 valence electrons. The largest absolute Gasteiger partial charge is 0.488 e. The fraction of sp³-hybridized carbons (Fsp3) is 0.478. The molecule has 0 spiro atoms. The quantitative estimate of drug-likeness (QED) is 0.581. The minimum absolute atomic E-state index is 0.0291. The number of rotatable bonds is 8. The zero-order chi connectivity index (χ0) is 23.8. The summed E-state index contributed by atoms with van der Waals surface area (Å²) in [6, 6.07) is 6.84.